The molecule has 1 N–H and O–H groups in total. The summed E-state index contributed by atoms with van der Waals surface area (Å²) in [6.07, 6.45) is 4.58. The number of nitrogens with zero attached hydrogens (tertiary/aromatic N) is 1. The molecule has 0 amide bonds. The number of thioether (sulfide) groups is 1. The van der Waals surface area contributed by atoms with Gasteiger partial charge in [0.25, 0.3) is 0 Å². The van der Waals surface area contributed by atoms with Crippen LogP contribution in [-0.2, 0) is 12.2 Å². The highest BCUT2D eigenvalue weighted by Crippen LogP contribution is 2.35. The minimum absolute atomic E-state index is 0.335. The molecular weight excluding hydrogens is 360 g/mol. The summed E-state index contributed by atoms with van der Waals surface area (Å²) in [4.78, 5) is 7.66. The van der Waals surface area contributed by atoms with E-state index in [-0.39, 0.29) is 0 Å². The predicted molar refractivity (Wildman–Crippen MR) is 112 cm³/mol. The summed E-state index contributed by atoms with van der Waals surface area (Å²) < 4.78 is 0. The fourth-order valence-corrected chi connectivity index (χ4v) is 4.37. The minimum atomic E-state index is 0.335. The summed E-state index contributed by atoms with van der Waals surface area (Å²) >= 11 is 7.94. The van der Waals surface area contributed by atoms with E-state index in [9.17, 15) is 0 Å². The molecule has 4 rings (SSSR count). The molecule has 0 spiro atoms. The highest BCUT2D eigenvalue weighted by atomic mass is 35.5. The summed E-state index contributed by atoms with van der Waals surface area (Å²) in [5, 5.41) is 3.67. The maximum atomic E-state index is 6.00. The van der Waals surface area contributed by atoms with Crippen LogP contribution in [0.5, 0.6) is 0 Å². The Balaban J connectivity index is 1.59. The molecule has 0 saturated heterocycles. The Morgan fingerprint density at radius 2 is 1.77 bits per heavy atom. The number of aromatic nitrogens is 2. The highest BCUT2D eigenvalue weighted by Gasteiger charge is 2.15. The summed E-state index contributed by atoms with van der Waals surface area (Å²) in [5.41, 5.74) is 2.61. The summed E-state index contributed by atoms with van der Waals surface area (Å²) in [6, 6.07) is 23.4. The number of rotatable bonds is 6. The Kier molecular flexibility index (Phi) is 5.28. The molecule has 0 radical (unpaired) electrons. The van der Waals surface area contributed by atoms with E-state index >= 15 is 0 Å². The number of halogens is 1. The third kappa shape index (κ3) is 4.12. The molecule has 0 aliphatic heterocycles. The molecule has 4 heteroatoms. The average Bonchev–Trinajstić information content (AvgIpc) is 3.19. The van der Waals surface area contributed by atoms with Crippen molar-refractivity contribution in [1.29, 1.82) is 0 Å². The van der Waals surface area contributed by atoms with E-state index in [1.807, 2.05) is 36.3 Å². The molecule has 3 aromatic carbocycles. The van der Waals surface area contributed by atoms with Crippen LogP contribution in [0.25, 0.3) is 10.8 Å². The van der Waals surface area contributed by atoms with Gasteiger partial charge in [-0.2, -0.15) is 0 Å². The topological polar surface area (TPSA) is 28.7 Å². The SMILES string of the molecule is Clc1ccc(CSC(Cc2ncc[nH]2)c2ccc3ccccc3c2)cc1. The molecule has 0 fully saturated rings. The molecule has 0 saturated carbocycles. The third-order valence-electron chi connectivity index (χ3n) is 4.44. The van der Waals surface area contributed by atoms with E-state index in [1.54, 1.807) is 0 Å². The van der Waals surface area contributed by atoms with Crippen molar-refractivity contribution in [3.8, 4) is 0 Å². The van der Waals surface area contributed by atoms with Crippen molar-refractivity contribution in [2.45, 2.75) is 17.4 Å². The van der Waals surface area contributed by atoms with Gasteiger partial charge in [0.15, 0.2) is 0 Å². The predicted octanol–water partition coefficient (Wildman–Crippen LogP) is 6.43. The second-order valence-corrected chi connectivity index (χ2v) is 7.90. The van der Waals surface area contributed by atoms with Crippen molar-refractivity contribution < 1.29 is 0 Å². The number of imidazole rings is 1. The van der Waals surface area contributed by atoms with Gasteiger partial charge in [0, 0.05) is 34.8 Å². The van der Waals surface area contributed by atoms with Crippen LogP contribution < -0.4 is 0 Å². The normalized spacial score (nSPS) is 12.3. The van der Waals surface area contributed by atoms with Gasteiger partial charge in [0.2, 0.25) is 0 Å². The monoisotopic (exact) mass is 378 g/mol. The largest absolute Gasteiger partial charge is 0.349 e. The van der Waals surface area contributed by atoms with Crippen molar-refractivity contribution in [1.82, 2.24) is 9.97 Å². The van der Waals surface area contributed by atoms with E-state index in [2.05, 4.69) is 64.6 Å². The van der Waals surface area contributed by atoms with E-state index in [1.165, 1.54) is 21.9 Å². The highest BCUT2D eigenvalue weighted by molar-refractivity contribution is 7.98. The molecule has 4 aromatic rings. The van der Waals surface area contributed by atoms with Crippen molar-refractivity contribution >= 4 is 34.1 Å². The van der Waals surface area contributed by atoms with Gasteiger partial charge >= 0.3 is 0 Å². The summed E-state index contributed by atoms with van der Waals surface area (Å²) in [6.45, 7) is 0. The molecule has 0 aliphatic carbocycles. The van der Waals surface area contributed by atoms with Gasteiger partial charge in [-0.1, -0.05) is 66.2 Å². The van der Waals surface area contributed by atoms with Crippen molar-refractivity contribution in [2.75, 3.05) is 0 Å². The lowest BCUT2D eigenvalue weighted by atomic mass is 10.0. The molecule has 1 unspecified atom stereocenters. The number of fused-ring (bicyclic) bond motifs is 1. The first kappa shape index (κ1) is 17.2. The van der Waals surface area contributed by atoms with Crippen molar-refractivity contribution in [3.63, 3.8) is 0 Å². The van der Waals surface area contributed by atoms with E-state index in [0.29, 0.717) is 5.25 Å². The van der Waals surface area contributed by atoms with Gasteiger partial charge in [-0.25, -0.2) is 4.98 Å². The minimum Gasteiger partial charge on any atom is -0.349 e. The van der Waals surface area contributed by atoms with Gasteiger partial charge < -0.3 is 4.98 Å². The van der Waals surface area contributed by atoms with Crippen LogP contribution in [0.1, 0.15) is 22.2 Å². The van der Waals surface area contributed by atoms with Crippen molar-refractivity contribution in [3.05, 3.63) is 101 Å². The fourth-order valence-electron chi connectivity index (χ4n) is 3.04. The molecule has 1 aromatic heterocycles. The van der Waals surface area contributed by atoms with Crippen LogP contribution in [0.4, 0.5) is 0 Å². The van der Waals surface area contributed by atoms with Gasteiger partial charge in [-0.05, 0) is 34.0 Å². The van der Waals surface area contributed by atoms with Crippen molar-refractivity contribution in [2.24, 2.45) is 0 Å². The lowest BCUT2D eigenvalue weighted by molar-refractivity contribution is 0.864. The van der Waals surface area contributed by atoms with Gasteiger partial charge in [0.05, 0.1) is 0 Å². The van der Waals surface area contributed by atoms with Gasteiger partial charge in [-0.3, -0.25) is 0 Å². The second kappa shape index (κ2) is 7.98. The number of benzene rings is 3. The van der Waals surface area contributed by atoms with E-state index < -0.39 is 0 Å². The lowest BCUT2D eigenvalue weighted by Gasteiger charge is -2.17. The number of aromatic amines is 1. The molecule has 1 atom stereocenters. The number of H-pyrrole nitrogens is 1. The Hall–Kier alpha value is -2.23. The first-order valence-electron chi connectivity index (χ1n) is 8.61. The second-order valence-electron chi connectivity index (χ2n) is 6.27. The van der Waals surface area contributed by atoms with Crippen LogP contribution in [-0.4, -0.2) is 9.97 Å². The quantitative estimate of drug-likeness (QED) is 0.418. The molecule has 130 valence electrons. The van der Waals surface area contributed by atoms with E-state index in [4.69, 9.17) is 11.6 Å². The smallest absolute Gasteiger partial charge is 0.107 e. The Morgan fingerprint density at radius 3 is 2.54 bits per heavy atom. The number of hydrogen-bond acceptors (Lipinski definition) is 2. The molecule has 1 heterocycles. The fraction of sp³-hybridized carbons (Fsp3) is 0.136. The molecule has 0 bridgehead atoms. The standard InChI is InChI=1S/C22H19ClN2S/c23-20-9-5-16(6-10-20)15-26-21(14-22-24-11-12-25-22)19-8-7-17-3-1-2-4-18(17)13-19/h1-13,21H,14-15H2,(H,24,25). The Bertz CT molecular complexity index is 981. The van der Waals surface area contributed by atoms with Crippen LogP contribution >= 0.6 is 23.4 Å². The first-order valence-corrected chi connectivity index (χ1v) is 10.0. The zero-order valence-electron chi connectivity index (χ0n) is 14.2. The van der Waals surface area contributed by atoms with Gasteiger partial charge in [0.1, 0.15) is 5.82 Å². The summed E-state index contributed by atoms with van der Waals surface area (Å²) in [5.74, 6) is 1.96. The van der Waals surface area contributed by atoms with Crippen LogP contribution in [0, 0.1) is 0 Å². The summed E-state index contributed by atoms with van der Waals surface area (Å²) in [7, 11) is 0. The zero-order chi connectivity index (χ0) is 17.8. The third-order valence-corrected chi connectivity index (χ3v) is 6.04. The Labute approximate surface area is 162 Å². The maximum absolute atomic E-state index is 6.00. The average molecular weight is 379 g/mol. The van der Waals surface area contributed by atoms with Gasteiger partial charge in [-0.15, -0.1) is 11.8 Å². The molecule has 0 aliphatic rings. The van der Waals surface area contributed by atoms with Crippen LogP contribution in [0.15, 0.2) is 79.1 Å². The van der Waals surface area contributed by atoms with Crippen LogP contribution in [0.2, 0.25) is 5.02 Å². The van der Waals surface area contributed by atoms with Crippen LogP contribution in [0.3, 0.4) is 0 Å². The molecule has 2 nitrogen and oxygen atoms in total. The lowest BCUT2D eigenvalue weighted by Crippen LogP contribution is -2.02. The maximum Gasteiger partial charge on any atom is 0.107 e. The Morgan fingerprint density at radius 1 is 0.962 bits per heavy atom. The first-order chi connectivity index (χ1) is 12.8. The molecular formula is C22H19ClN2S. The number of nitrogens with one attached hydrogen (secondary N) is 1. The zero-order valence-corrected chi connectivity index (χ0v) is 15.8. The van der Waals surface area contributed by atoms with E-state index in [0.717, 1.165) is 23.0 Å². The number of hydrogen-bond donors (Lipinski definition) is 1. The molecule has 26 heavy (non-hydrogen) atoms.